The van der Waals surface area contributed by atoms with Crippen LogP contribution >= 0.6 is 0 Å². The van der Waals surface area contributed by atoms with Crippen LogP contribution in [0.25, 0.3) is 11.6 Å². The number of carbonyl (C=O) groups is 1. The third-order valence-corrected chi connectivity index (χ3v) is 7.47. The van der Waals surface area contributed by atoms with Gasteiger partial charge in [-0.3, -0.25) is 9.52 Å². The van der Waals surface area contributed by atoms with Gasteiger partial charge in [-0.05, 0) is 55.2 Å². The van der Waals surface area contributed by atoms with Crippen molar-refractivity contribution < 1.29 is 32.5 Å². The first kappa shape index (κ1) is 31.2. The molecule has 0 saturated heterocycles. The molecule has 0 unspecified atom stereocenters. The number of nitrogens with one attached hydrogen (secondary N) is 1. The minimum atomic E-state index is -4.21. The number of sulfonamides is 1. The first-order valence-corrected chi connectivity index (χ1v) is 14.8. The third kappa shape index (κ3) is 7.74. The largest absolute Gasteiger partial charge is 0.493 e. The van der Waals surface area contributed by atoms with Gasteiger partial charge >= 0.3 is 5.97 Å². The second kappa shape index (κ2) is 12.6. The fourth-order valence-corrected chi connectivity index (χ4v) is 4.99. The molecule has 43 heavy (non-hydrogen) atoms. The van der Waals surface area contributed by atoms with Gasteiger partial charge < -0.3 is 19.3 Å². The predicted octanol–water partition coefficient (Wildman–Crippen LogP) is 5.30. The standard InChI is InChI=1S/C30H33N5O7S/c1-18-17-19(2)32-27(31-18)28-33-26(35-43(38,39)21-13-11-20(12-14-21)30(3,4)5)25(29(34-28)41-16-15-24(36)37)42-23-10-8-7-9-22(23)40-6/h7-14,17H,15-16H2,1-6H3,(H,36,37)(H,33,34,35). The molecule has 0 aliphatic heterocycles. The van der Waals surface area contributed by atoms with E-state index < -0.39 is 16.0 Å². The quantitative estimate of drug-likeness (QED) is 0.227. The van der Waals surface area contributed by atoms with Crippen molar-refractivity contribution in [2.24, 2.45) is 0 Å². The third-order valence-electron chi connectivity index (χ3n) is 6.11. The Hall–Kier alpha value is -4.78. The molecule has 2 aromatic heterocycles. The van der Waals surface area contributed by atoms with E-state index in [2.05, 4.69) is 24.7 Å². The van der Waals surface area contributed by atoms with Gasteiger partial charge in [0.15, 0.2) is 23.1 Å². The van der Waals surface area contributed by atoms with Crippen LogP contribution in [0.15, 0.2) is 59.5 Å². The van der Waals surface area contributed by atoms with Crippen molar-refractivity contribution in [1.29, 1.82) is 0 Å². The number of nitrogens with zero attached hydrogens (tertiary/aromatic N) is 4. The monoisotopic (exact) mass is 607 g/mol. The Balaban J connectivity index is 1.90. The molecule has 0 bridgehead atoms. The summed E-state index contributed by atoms with van der Waals surface area (Å²) in [5, 5.41) is 9.19. The van der Waals surface area contributed by atoms with Crippen molar-refractivity contribution in [2.75, 3.05) is 18.4 Å². The van der Waals surface area contributed by atoms with Gasteiger partial charge in [-0.25, -0.2) is 23.4 Å². The number of aliphatic carboxylic acids is 1. The van der Waals surface area contributed by atoms with Crippen molar-refractivity contribution in [1.82, 2.24) is 19.9 Å². The van der Waals surface area contributed by atoms with Crippen molar-refractivity contribution in [2.45, 2.75) is 51.3 Å². The molecular weight excluding hydrogens is 574 g/mol. The van der Waals surface area contributed by atoms with Crippen LogP contribution in [0.4, 0.5) is 5.82 Å². The minimum absolute atomic E-state index is 0.0140. The summed E-state index contributed by atoms with van der Waals surface area (Å²) in [5.74, 6) is -1.21. The van der Waals surface area contributed by atoms with Crippen LogP contribution < -0.4 is 18.9 Å². The fraction of sp³-hybridized carbons (Fsp3) is 0.300. The molecule has 2 heterocycles. The van der Waals surface area contributed by atoms with E-state index in [9.17, 15) is 18.3 Å². The van der Waals surface area contributed by atoms with Gasteiger partial charge in [-0.2, -0.15) is 4.98 Å². The smallest absolute Gasteiger partial charge is 0.306 e. The van der Waals surface area contributed by atoms with Crippen LogP contribution in [0, 0.1) is 13.8 Å². The highest BCUT2D eigenvalue weighted by molar-refractivity contribution is 7.92. The molecule has 0 fully saturated rings. The van der Waals surface area contributed by atoms with Gasteiger partial charge in [0.05, 0.1) is 18.4 Å². The number of methoxy groups -OCH3 is 1. The number of carboxylic acids is 1. The first-order valence-electron chi connectivity index (χ1n) is 13.3. The van der Waals surface area contributed by atoms with E-state index in [1.165, 1.54) is 19.2 Å². The number of anilines is 1. The molecule has 0 aliphatic carbocycles. The van der Waals surface area contributed by atoms with Crippen LogP contribution in [-0.2, 0) is 20.2 Å². The zero-order chi connectivity index (χ0) is 31.4. The Labute approximate surface area is 250 Å². The van der Waals surface area contributed by atoms with Crippen molar-refractivity contribution in [3.63, 3.8) is 0 Å². The number of aromatic nitrogens is 4. The average molecular weight is 608 g/mol. The Kier molecular flexibility index (Phi) is 9.14. The highest BCUT2D eigenvalue weighted by atomic mass is 32.2. The van der Waals surface area contributed by atoms with E-state index >= 15 is 0 Å². The summed E-state index contributed by atoms with van der Waals surface area (Å²) in [6.45, 7) is 9.33. The zero-order valence-electron chi connectivity index (χ0n) is 24.7. The lowest BCUT2D eigenvalue weighted by molar-refractivity contribution is -0.137. The second-order valence-electron chi connectivity index (χ2n) is 10.6. The van der Waals surface area contributed by atoms with E-state index in [1.54, 1.807) is 56.3 Å². The maximum atomic E-state index is 13.7. The molecule has 0 radical (unpaired) electrons. The number of aryl methyl sites for hydroxylation is 2. The van der Waals surface area contributed by atoms with Crippen molar-refractivity contribution in [3.05, 3.63) is 71.5 Å². The van der Waals surface area contributed by atoms with E-state index in [-0.39, 0.29) is 58.2 Å². The topological polar surface area (TPSA) is 163 Å². The number of hydrogen-bond acceptors (Lipinski definition) is 10. The summed E-state index contributed by atoms with van der Waals surface area (Å²) in [6, 6.07) is 14.9. The molecule has 13 heteroatoms. The molecule has 226 valence electrons. The van der Waals surface area contributed by atoms with E-state index in [0.717, 1.165) is 5.56 Å². The lowest BCUT2D eigenvalue weighted by Gasteiger charge is -2.20. The number of carboxylic acid groups (broad SMARTS) is 1. The molecule has 0 saturated carbocycles. The van der Waals surface area contributed by atoms with Crippen LogP contribution in [0.5, 0.6) is 23.1 Å². The van der Waals surface area contributed by atoms with Crippen LogP contribution in [0.3, 0.4) is 0 Å². The Morgan fingerprint density at radius 2 is 1.51 bits per heavy atom. The summed E-state index contributed by atoms with van der Waals surface area (Å²) in [7, 11) is -2.76. The van der Waals surface area contributed by atoms with Crippen LogP contribution in [0.1, 0.15) is 44.1 Å². The summed E-state index contributed by atoms with van der Waals surface area (Å²) < 4.78 is 47.1. The second-order valence-corrected chi connectivity index (χ2v) is 12.3. The van der Waals surface area contributed by atoms with Crippen molar-refractivity contribution >= 4 is 21.8 Å². The van der Waals surface area contributed by atoms with E-state index in [4.69, 9.17) is 14.2 Å². The van der Waals surface area contributed by atoms with Gasteiger partial charge in [0, 0.05) is 11.4 Å². The number of ether oxygens (including phenoxy) is 3. The Morgan fingerprint density at radius 1 is 0.907 bits per heavy atom. The number of hydrogen-bond donors (Lipinski definition) is 2. The Morgan fingerprint density at radius 3 is 2.09 bits per heavy atom. The molecule has 0 spiro atoms. The maximum absolute atomic E-state index is 13.7. The molecule has 12 nitrogen and oxygen atoms in total. The lowest BCUT2D eigenvalue weighted by Crippen LogP contribution is -2.17. The highest BCUT2D eigenvalue weighted by Gasteiger charge is 2.27. The summed E-state index contributed by atoms with van der Waals surface area (Å²) in [5.41, 5.74) is 2.04. The Bertz CT molecular complexity index is 1720. The van der Waals surface area contributed by atoms with Gasteiger partial charge in [-0.15, -0.1) is 0 Å². The van der Waals surface area contributed by atoms with Gasteiger partial charge in [0.1, 0.15) is 6.61 Å². The number of para-hydroxylation sites is 2. The van der Waals surface area contributed by atoms with Crippen molar-refractivity contribution in [3.8, 4) is 34.8 Å². The van der Waals surface area contributed by atoms with E-state index in [1.807, 2.05) is 20.8 Å². The van der Waals surface area contributed by atoms with Crippen LogP contribution in [-0.4, -0.2) is 53.1 Å². The molecule has 0 amide bonds. The van der Waals surface area contributed by atoms with Gasteiger partial charge in [-0.1, -0.05) is 45.0 Å². The van der Waals surface area contributed by atoms with Crippen LogP contribution in [0.2, 0.25) is 0 Å². The first-order chi connectivity index (χ1) is 20.3. The van der Waals surface area contributed by atoms with Gasteiger partial charge in [0.2, 0.25) is 11.6 Å². The maximum Gasteiger partial charge on any atom is 0.306 e. The molecule has 4 rings (SSSR count). The number of benzene rings is 2. The zero-order valence-corrected chi connectivity index (χ0v) is 25.5. The summed E-state index contributed by atoms with van der Waals surface area (Å²) in [4.78, 5) is 28.9. The molecule has 2 aromatic carbocycles. The molecule has 0 aliphatic rings. The molecule has 0 atom stereocenters. The molecule has 4 aromatic rings. The summed E-state index contributed by atoms with van der Waals surface area (Å²) >= 11 is 0. The normalized spacial score (nSPS) is 11.6. The lowest BCUT2D eigenvalue weighted by atomic mass is 9.87. The average Bonchev–Trinajstić information content (AvgIpc) is 2.93. The number of rotatable bonds is 11. The minimum Gasteiger partial charge on any atom is -0.493 e. The summed E-state index contributed by atoms with van der Waals surface area (Å²) in [6.07, 6.45) is -0.353. The molecular formula is C30H33N5O7S. The van der Waals surface area contributed by atoms with Gasteiger partial charge in [0.25, 0.3) is 15.9 Å². The van der Waals surface area contributed by atoms with E-state index in [0.29, 0.717) is 17.1 Å². The molecule has 2 N–H and O–H groups in total. The fourth-order valence-electron chi connectivity index (χ4n) is 3.98. The predicted molar refractivity (Wildman–Crippen MR) is 159 cm³/mol. The SMILES string of the molecule is COc1ccccc1Oc1c(NS(=O)(=O)c2ccc(C(C)(C)C)cc2)nc(-c2nc(C)cc(C)n2)nc1OCCC(=O)O. The highest BCUT2D eigenvalue weighted by Crippen LogP contribution is 2.41.